The van der Waals surface area contributed by atoms with Gasteiger partial charge in [-0.3, -0.25) is 9.89 Å². The molecule has 0 aliphatic carbocycles. The van der Waals surface area contributed by atoms with Crippen LogP contribution in [0.25, 0.3) is 0 Å². The molecule has 1 fully saturated rings. The van der Waals surface area contributed by atoms with E-state index in [9.17, 15) is 4.79 Å². The van der Waals surface area contributed by atoms with Crippen molar-refractivity contribution in [2.75, 3.05) is 13.2 Å². The van der Waals surface area contributed by atoms with Gasteiger partial charge in [-0.25, -0.2) is 0 Å². The predicted octanol–water partition coefficient (Wildman–Crippen LogP) is 2.67. The van der Waals surface area contributed by atoms with Crippen LogP contribution in [0.5, 0.6) is 0 Å². The molecule has 2 aromatic rings. The van der Waals surface area contributed by atoms with Gasteiger partial charge in [0.1, 0.15) is 6.10 Å². The molecule has 21 heavy (non-hydrogen) atoms. The number of benzene rings is 1. The smallest absolute Gasteiger partial charge is 0.257 e. The number of halogens is 1. The summed E-state index contributed by atoms with van der Waals surface area (Å²) in [6.45, 7) is 2.98. The number of morpholine rings is 1. The van der Waals surface area contributed by atoms with Crippen molar-refractivity contribution >= 4 is 17.5 Å². The van der Waals surface area contributed by atoms with Crippen LogP contribution in [0.2, 0.25) is 5.02 Å². The lowest BCUT2D eigenvalue weighted by molar-refractivity contribution is -0.0486. The van der Waals surface area contributed by atoms with Crippen molar-refractivity contribution in [1.29, 1.82) is 0 Å². The summed E-state index contributed by atoms with van der Waals surface area (Å²) in [6.07, 6.45) is 2.99. The van der Waals surface area contributed by atoms with Crippen LogP contribution in [-0.4, -0.2) is 40.2 Å². The number of hydrogen-bond donors (Lipinski definition) is 1. The average Bonchev–Trinajstić information content (AvgIpc) is 3.01. The Bertz CT molecular complexity index is 630. The quantitative estimate of drug-likeness (QED) is 0.928. The van der Waals surface area contributed by atoms with Gasteiger partial charge < -0.3 is 9.64 Å². The molecule has 6 heteroatoms. The second-order valence-corrected chi connectivity index (χ2v) is 5.61. The number of hydrogen-bond acceptors (Lipinski definition) is 3. The highest BCUT2D eigenvalue weighted by molar-refractivity contribution is 6.30. The minimum atomic E-state index is -0.157. The van der Waals surface area contributed by atoms with E-state index in [1.807, 2.05) is 36.1 Å². The molecule has 1 aliphatic rings. The van der Waals surface area contributed by atoms with Crippen LogP contribution in [0.1, 0.15) is 28.9 Å². The van der Waals surface area contributed by atoms with E-state index >= 15 is 0 Å². The first-order valence-corrected chi connectivity index (χ1v) is 7.20. The molecule has 2 heterocycles. The molecule has 0 spiro atoms. The van der Waals surface area contributed by atoms with Gasteiger partial charge in [0, 0.05) is 11.2 Å². The number of aromatic amines is 1. The summed E-state index contributed by atoms with van der Waals surface area (Å²) in [5.41, 5.74) is 1.55. The van der Waals surface area contributed by atoms with Crippen molar-refractivity contribution in [2.24, 2.45) is 0 Å². The summed E-state index contributed by atoms with van der Waals surface area (Å²) in [7, 11) is 0. The molecule has 5 nitrogen and oxygen atoms in total. The molecule has 0 saturated carbocycles. The molecule has 0 bridgehead atoms. The van der Waals surface area contributed by atoms with E-state index in [0.717, 1.165) is 5.56 Å². The molecule has 1 amide bonds. The van der Waals surface area contributed by atoms with Crippen LogP contribution >= 0.6 is 11.6 Å². The molecule has 1 saturated heterocycles. The first kappa shape index (κ1) is 14.1. The van der Waals surface area contributed by atoms with Gasteiger partial charge in [-0.05, 0) is 24.6 Å². The monoisotopic (exact) mass is 305 g/mol. The number of rotatable bonds is 2. The van der Waals surface area contributed by atoms with Crippen molar-refractivity contribution in [3.8, 4) is 0 Å². The SMILES string of the molecule is C[C@@H]1CO[C@H](c2cccc(Cl)c2)CN1C(=O)c1cn[nH]c1. The Morgan fingerprint density at radius 1 is 1.52 bits per heavy atom. The van der Waals surface area contributed by atoms with Gasteiger partial charge >= 0.3 is 0 Å². The molecular weight excluding hydrogens is 290 g/mol. The average molecular weight is 306 g/mol. The number of carbonyl (C=O) groups is 1. The van der Waals surface area contributed by atoms with Gasteiger partial charge in [-0.1, -0.05) is 23.7 Å². The zero-order valence-electron chi connectivity index (χ0n) is 11.6. The van der Waals surface area contributed by atoms with Crippen molar-refractivity contribution in [1.82, 2.24) is 15.1 Å². The molecule has 0 unspecified atom stereocenters. The van der Waals surface area contributed by atoms with E-state index in [4.69, 9.17) is 16.3 Å². The molecule has 110 valence electrons. The minimum absolute atomic E-state index is 0.0304. The topological polar surface area (TPSA) is 58.2 Å². The van der Waals surface area contributed by atoms with Crippen LogP contribution < -0.4 is 0 Å². The maximum absolute atomic E-state index is 12.5. The van der Waals surface area contributed by atoms with E-state index in [1.165, 1.54) is 0 Å². The van der Waals surface area contributed by atoms with Crippen molar-refractivity contribution < 1.29 is 9.53 Å². The Morgan fingerprint density at radius 3 is 3.10 bits per heavy atom. The van der Waals surface area contributed by atoms with E-state index in [1.54, 1.807) is 12.4 Å². The van der Waals surface area contributed by atoms with Crippen LogP contribution in [0.15, 0.2) is 36.7 Å². The first-order chi connectivity index (χ1) is 10.1. The van der Waals surface area contributed by atoms with E-state index < -0.39 is 0 Å². The highest BCUT2D eigenvalue weighted by Gasteiger charge is 2.31. The lowest BCUT2D eigenvalue weighted by atomic mass is 10.1. The zero-order chi connectivity index (χ0) is 14.8. The number of amides is 1. The van der Waals surface area contributed by atoms with Crippen LogP contribution in [0, 0.1) is 0 Å². The lowest BCUT2D eigenvalue weighted by Crippen LogP contribution is -2.48. The third-order valence-corrected chi connectivity index (χ3v) is 3.89. The number of nitrogens with zero attached hydrogens (tertiary/aromatic N) is 2. The fraction of sp³-hybridized carbons (Fsp3) is 0.333. The van der Waals surface area contributed by atoms with Crippen LogP contribution in [0.4, 0.5) is 0 Å². The summed E-state index contributed by atoms with van der Waals surface area (Å²) < 4.78 is 5.85. The van der Waals surface area contributed by atoms with E-state index in [0.29, 0.717) is 23.7 Å². The van der Waals surface area contributed by atoms with Gasteiger partial charge in [0.25, 0.3) is 5.91 Å². The van der Waals surface area contributed by atoms with Crippen molar-refractivity contribution in [2.45, 2.75) is 19.1 Å². The van der Waals surface area contributed by atoms with Gasteiger partial charge in [0.05, 0.1) is 31.0 Å². The van der Waals surface area contributed by atoms with E-state index in [-0.39, 0.29) is 18.1 Å². The molecule has 2 atom stereocenters. The van der Waals surface area contributed by atoms with Crippen LogP contribution in [0.3, 0.4) is 0 Å². The third kappa shape index (κ3) is 2.94. The lowest BCUT2D eigenvalue weighted by Gasteiger charge is -2.38. The molecule has 1 N–H and O–H groups in total. The Morgan fingerprint density at radius 2 is 2.38 bits per heavy atom. The summed E-state index contributed by atoms with van der Waals surface area (Å²) in [5.74, 6) is -0.0356. The standard InChI is InChI=1S/C15H16ClN3O2/c1-10-9-21-14(11-3-2-4-13(16)5-11)8-19(10)15(20)12-6-17-18-7-12/h2-7,10,14H,8-9H2,1H3,(H,17,18)/t10-,14+/m1/s1. The van der Waals surface area contributed by atoms with Crippen molar-refractivity contribution in [3.05, 3.63) is 52.8 Å². The Kier molecular flexibility index (Phi) is 3.94. The van der Waals surface area contributed by atoms with Gasteiger partial charge in [0.15, 0.2) is 0 Å². The fourth-order valence-electron chi connectivity index (χ4n) is 2.48. The maximum atomic E-state index is 12.5. The molecule has 1 aromatic heterocycles. The van der Waals surface area contributed by atoms with Gasteiger partial charge in [-0.15, -0.1) is 0 Å². The number of H-pyrrole nitrogens is 1. The molecule has 0 radical (unpaired) electrons. The van der Waals surface area contributed by atoms with Crippen molar-refractivity contribution in [3.63, 3.8) is 0 Å². The second kappa shape index (κ2) is 5.87. The summed E-state index contributed by atoms with van der Waals surface area (Å²) in [6, 6.07) is 7.59. The highest BCUT2D eigenvalue weighted by atomic mass is 35.5. The number of nitrogens with one attached hydrogen (secondary N) is 1. The normalized spacial score (nSPS) is 22.3. The Labute approximate surface area is 127 Å². The molecule has 3 rings (SSSR count). The third-order valence-electron chi connectivity index (χ3n) is 3.66. The number of ether oxygens (including phenoxy) is 1. The summed E-state index contributed by atoms with van der Waals surface area (Å²) in [5, 5.41) is 7.17. The molecular formula is C15H16ClN3O2. The van der Waals surface area contributed by atoms with Gasteiger partial charge in [-0.2, -0.15) is 5.10 Å². The summed E-state index contributed by atoms with van der Waals surface area (Å²) in [4.78, 5) is 14.3. The zero-order valence-corrected chi connectivity index (χ0v) is 12.4. The fourth-order valence-corrected chi connectivity index (χ4v) is 2.68. The Balaban J connectivity index is 1.80. The molecule has 1 aromatic carbocycles. The Hall–Kier alpha value is -1.85. The summed E-state index contributed by atoms with van der Waals surface area (Å²) >= 11 is 6.02. The molecule has 1 aliphatic heterocycles. The van der Waals surface area contributed by atoms with Crippen LogP contribution in [-0.2, 0) is 4.74 Å². The maximum Gasteiger partial charge on any atom is 0.257 e. The number of aromatic nitrogens is 2. The van der Waals surface area contributed by atoms with Gasteiger partial charge in [0.2, 0.25) is 0 Å². The second-order valence-electron chi connectivity index (χ2n) is 5.17. The highest BCUT2D eigenvalue weighted by Crippen LogP contribution is 2.27. The van der Waals surface area contributed by atoms with E-state index in [2.05, 4.69) is 10.2 Å². The minimum Gasteiger partial charge on any atom is -0.370 e. The predicted molar refractivity (Wildman–Crippen MR) is 79.2 cm³/mol. The number of carbonyl (C=O) groups excluding carboxylic acids is 1. The first-order valence-electron chi connectivity index (χ1n) is 6.82. The largest absolute Gasteiger partial charge is 0.370 e.